The zero-order valence-corrected chi connectivity index (χ0v) is 15.2. The van der Waals surface area contributed by atoms with Crippen LogP contribution in [-0.2, 0) is 11.3 Å². The molecule has 0 aliphatic carbocycles. The highest BCUT2D eigenvalue weighted by Gasteiger charge is 2.14. The SMILES string of the molecule is NC(=O)CSc1ccccc1NCc1nc(-c2c(F)cccc2F)cs1. The van der Waals surface area contributed by atoms with Crippen LogP contribution in [0.1, 0.15) is 5.01 Å². The molecule has 0 spiro atoms. The summed E-state index contributed by atoms with van der Waals surface area (Å²) < 4.78 is 27.7. The fourth-order valence-electron chi connectivity index (χ4n) is 2.31. The number of halogens is 2. The van der Waals surface area contributed by atoms with E-state index in [0.717, 1.165) is 10.6 Å². The second-order valence-electron chi connectivity index (χ2n) is 5.33. The second-order valence-corrected chi connectivity index (χ2v) is 7.29. The molecular weight excluding hydrogens is 376 g/mol. The molecule has 0 aliphatic heterocycles. The number of primary amides is 1. The van der Waals surface area contributed by atoms with E-state index in [1.165, 1.54) is 41.3 Å². The van der Waals surface area contributed by atoms with Crippen LogP contribution in [0, 0.1) is 11.6 Å². The van der Waals surface area contributed by atoms with E-state index in [-0.39, 0.29) is 22.9 Å². The van der Waals surface area contributed by atoms with Crippen LogP contribution in [0.3, 0.4) is 0 Å². The Balaban J connectivity index is 1.72. The Kier molecular flexibility index (Phi) is 5.85. The fourth-order valence-corrected chi connectivity index (χ4v) is 3.80. The van der Waals surface area contributed by atoms with Crippen molar-refractivity contribution < 1.29 is 13.6 Å². The molecule has 4 nitrogen and oxygen atoms in total. The number of thiazole rings is 1. The average Bonchev–Trinajstić information content (AvgIpc) is 3.07. The molecule has 3 N–H and O–H groups in total. The van der Waals surface area contributed by atoms with Gasteiger partial charge in [0, 0.05) is 16.0 Å². The van der Waals surface area contributed by atoms with Crippen LogP contribution in [0.15, 0.2) is 52.7 Å². The van der Waals surface area contributed by atoms with Gasteiger partial charge in [0.25, 0.3) is 0 Å². The molecule has 1 amide bonds. The summed E-state index contributed by atoms with van der Waals surface area (Å²) in [6, 6.07) is 11.3. The normalized spacial score (nSPS) is 10.7. The number of anilines is 1. The van der Waals surface area contributed by atoms with Gasteiger partial charge in [-0.1, -0.05) is 18.2 Å². The first-order valence-corrected chi connectivity index (χ1v) is 9.54. The van der Waals surface area contributed by atoms with Crippen LogP contribution in [0.4, 0.5) is 14.5 Å². The van der Waals surface area contributed by atoms with E-state index < -0.39 is 11.6 Å². The number of aromatic nitrogens is 1. The van der Waals surface area contributed by atoms with Gasteiger partial charge in [0.1, 0.15) is 16.6 Å². The minimum Gasteiger partial charge on any atom is -0.378 e. The summed E-state index contributed by atoms with van der Waals surface area (Å²) in [6.07, 6.45) is 0. The van der Waals surface area contributed by atoms with Gasteiger partial charge in [-0.3, -0.25) is 4.79 Å². The van der Waals surface area contributed by atoms with Gasteiger partial charge in [0.2, 0.25) is 5.91 Å². The molecule has 1 aromatic heterocycles. The first-order valence-electron chi connectivity index (χ1n) is 7.67. The summed E-state index contributed by atoms with van der Waals surface area (Å²) in [4.78, 5) is 16.2. The number of amides is 1. The number of hydrogen-bond donors (Lipinski definition) is 2. The van der Waals surface area contributed by atoms with Crippen LogP contribution in [0.5, 0.6) is 0 Å². The Hall–Kier alpha value is -2.45. The Labute approximate surface area is 157 Å². The van der Waals surface area contributed by atoms with Crippen molar-refractivity contribution in [3.63, 3.8) is 0 Å². The first-order chi connectivity index (χ1) is 12.5. The fraction of sp³-hybridized carbons (Fsp3) is 0.111. The first kappa shape index (κ1) is 18.3. The maximum Gasteiger partial charge on any atom is 0.227 e. The molecular formula is C18H15F2N3OS2. The Morgan fingerprint density at radius 2 is 1.88 bits per heavy atom. The molecule has 8 heteroatoms. The van der Waals surface area contributed by atoms with Gasteiger partial charge in [-0.05, 0) is 24.3 Å². The summed E-state index contributed by atoms with van der Waals surface area (Å²) in [5, 5.41) is 5.56. The van der Waals surface area contributed by atoms with E-state index in [9.17, 15) is 13.6 Å². The zero-order chi connectivity index (χ0) is 18.5. The Bertz CT molecular complexity index is 910. The van der Waals surface area contributed by atoms with Gasteiger partial charge in [0.15, 0.2) is 0 Å². The van der Waals surface area contributed by atoms with Crippen molar-refractivity contribution in [3.8, 4) is 11.3 Å². The van der Waals surface area contributed by atoms with Gasteiger partial charge in [-0.2, -0.15) is 0 Å². The molecule has 134 valence electrons. The minimum absolute atomic E-state index is 0.118. The molecule has 0 saturated carbocycles. The smallest absolute Gasteiger partial charge is 0.227 e. The standard InChI is InChI=1S/C18H15F2N3OS2/c19-11-4-3-5-12(20)18(11)14-9-26-17(23-14)8-22-13-6-1-2-7-15(13)25-10-16(21)24/h1-7,9,22H,8,10H2,(H2,21,24). The zero-order valence-electron chi connectivity index (χ0n) is 13.5. The third-order valence-corrected chi connectivity index (χ3v) is 5.40. The predicted molar refractivity (Wildman–Crippen MR) is 101 cm³/mol. The van der Waals surface area contributed by atoms with Gasteiger partial charge in [-0.25, -0.2) is 13.8 Å². The summed E-state index contributed by atoms with van der Waals surface area (Å²) in [6.45, 7) is 0.398. The van der Waals surface area contributed by atoms with Crippen molar-refractivity contribution in [2.75, 3.05) is 11.1 Å². The molecule has 2 aromatic carbocycles. The number of para-hydroxylation sites is 1. The van der Waals surface area contributed by atoms with Crippen molar-refractivity contribution in [1.29, 1.82) is 0 Å². The van der Waals surface area contributed by atoms with Crippen LogP contribution in [0.25, 0.3) is 11.3 Å². The number of rotatable bonds is 7. The lowest BCUT2D eigenvalue weighted by molar-refractivity contribution is -0.115. The molecule has 0 unspecified atom stereocenters. The molecule has 0 aliphatic rings. The maximum absolute atomic E-state index is 13.9. The lowest BCUT2D eigenvalue weighted by Gasteiger charge is -2.09. The molecule has 1 heterocycles. The summed E-state index contributed by atoms with van der Waals surface area (Å²) in [7, 11) is 0. The number of thioether (sulfide) groups is 1. The van der Waals surface area contributed by atoms with Crippen molar-refractivity contribution in [2.24, 2.45) is 5.73 Å². The quantitative estimate of drug-likeness (QED) is 0.590. The third kappa shape index (κ3) is 4.39. The van der Waals surface area contributed by atoms with Gasteiger partial charge >= 0.3 is 0 Å². The summed E-state index contributed by atoms with van der Waals surface area (Å²) in [5.74, 6) is -1.47. The van der Waals surface area contributed by atoms with E-state index in [1.54, 1.807) is 5.38 Å². The molecule has 0 fully saturated rings. The lowest BCUT2D eigenvalue weighted by Crippen LogP contribution is -2.13. The molecule has 0 saturated heterocycles. The number of carbonyl (C=O) groups is 1. The van der Waals surface area contributed by atoms with Gasteiger partial charge in [-0.15, -0.1) is 23.1 Å². The van der Waals surface area contributed by atoms with E-state index in [2.05, 4.69) is 10.3 Å². The lowest BCUT2D eigenvalue weighted by atomic mass is 10.1. The maximum atomic E-state index is 13.9. The average molecular weight is 391 g/mol. The molecule has 0 bridgehead atoms. The van der Waals surface area contributed by atoms with E-state index in [1.807, 2.05) is 24.3 Å². The van der Waals surface area contributed by atoms with Gasteiger partial charge in [0.05, 0.1) is 23.6 Å². The van der Waals surface area contributed by atoms with E-state index in [4.69, 9.17) is 5.73 Å². The molecule has 26 heavy (non-hydrogen) atoms. The summed E-state index contributed by atoms with van der Waals surface area (Å²) in [5.41, 5.74) is 6.19. The van der Waals surface area contributed by atoms with Crippen molar-refractivity contribution in [2.45, 2.75) is 11.4 Å². The van der Waals surface area contributed by atoms with Gasteiger partial charge < -0.3 is 11.1 Å². The summed E-state index contributed by atoms with van der Waals surface area (Å²) >= 11 is 2.66. The number of nitrogens with two attached hydrogens (primary N) is 1. The monoisotopic (exact) mass is 391 g/mol. The predicted octanol–water partition coefficient (Wildman–Crippen LogP) is 4.28. The third-order valence-electron chi connectivity index (χ3n) is 3.46. The van der Waals surface area contributed by atoms with Crippen LogP contribution < -0.4 is 11.1 Å². The van der Waals surface area contributed by atoms with Crippen molar-refractivity contribution in [3.05, 3.63) is 64.5 Å². The number of nitrogens with one attached hydrogen (secondary N) is 1. The molecule has 0 radical (unpaired) electrons. The number of nitrogens with zero attached hydrogens (tertiary/aromatic N) is 1. The minimum atomic E-state index is -0.636. The molecule has 3 rings (SSSR count). The number of hydrogen-bond acceptors (Lipinski definition) is 5. The van der Waals surface area contributed by atoms with Crippen LogP contribution >= 0.6 is 23.1 Å². The second kappa shape index (κ2) is 8.29. The van der Waals surface area contributed by atoms with Crippen LogP contribution in [0.2, 0.25) is 0 Å². The van der Waals surface area contributed by atoms with Crippen molar-refractivity contribution >= 4 is 34.7 Å². The number of carbonyl (C=O) groups excluding carboxylic acids is 1. The topological polar surface area (TPSA) is 68.0 Å². The molecule has 0 atom stereocenters. The highest BCUT2D eigenvalue weighted by molar-refractivity contribution is 8.00. The largest absolute Gasteiger partial charge is 0.378 e. The highest BCUT2D eigenvalue weighted by Crippen LogP contribution is 2.29. The molecule has 3 aromatic rings. The Morgan fingerprint density at radius 1 is 1.15 bits per heavy atom. The highest BCUT2D eigenvalue weighted by atomic mass is 32.2. The van der Waals surface area contributed by atoms with E-state index in [0.29, 0.717) is 11.6 Å². The number of benzene rings is 2. The van der Waals surface area contributed by atoms with Crippen molar-refractivity contribution in [1.82, 2.24) is 4.98 Å². The van der Waals surface area contributed by atoms with E-state index >= 15 is 0 Å². The Morgan fingerprint density at radius 3 is 2.62 bits per heavy atom. The van der Waals surface area contributed by atoms with Crippen LogP contribution in [-0.4, -0.2) is 16.6 Å².